The second kappa shape index (κ2) is 6.62. The van der Waals surface area contributed by atoms with Crippen molar-refractivity contribution in [2.75, 3.05) is 11.8 Å². The van der Waals surface area contributed by atoms with E-state index in [0.717, 1.165) is 11.3 Å². The van der Waals surface area contributed by atoms with Gasteiger partial charge in [0.2, 0.25) is 11.7 Å². The Labute approximate surface area is 143 Å². The number of hydrogen-bond donors (Lipinski definition) is 1. The van der Waals surface area contributed by atoms with Gasteiger partial charge in [0, 0.05) is 17.4 Å². The number of sulfonamides is 1. The van der Waals surface area contributed by atoms with Crippen molar-refractivity contribution in [2.24, 2.45) is 0 Å². The van der Waals surface area contributed by atoms with Gasteiger partial charge in [-0.15, -0.1) is 11.3 Å². The third kappa shape index (κ3) is 3.26. The molecule has 126 valence electrons. The molecule has 3 aromatic rings. The fourth-order valence-electron chi connectivity index (χ4n) is 2.01. The van der Waals surface area contributed by atoms with Crippen molar-refractivity contribution in [1.82, 2.24) is 10.1 Å². The van der Waals surface area contributed by atoms with E-state index < -0.39 is 10.0 Å². The molecule has 9 heteroatoms. The lowest BCUT2D eigenvalue weighted by atomic mass is 10.3. The molecule has 0 unspecified atom stereocenters. The zero-order valence-electron chi connectivity index (χ0n) is 13.0. The molecule has 1 aromatic carbocycles. The predicted molar refractivity (Wildman–Crippen MR) is 90.8 cm³/mol. The third-order valence-electron chi connectivity index (χ3n) is 3.22. The summed E-state index contributed by atoms with van der Waals surface area (Å²) < 4.78 is 38.0. The van der Waals surface area contributed by atoms with Crippen LogP contribution in [0.4, 0.5) is 5.69 Å². The average Bonchev–Trinajstić information content (AvgIpc) is 3.24. The van der Waals surface area contributed by atoms with Gasteiger partial charge in [0.15, 0.2) is 0 Å². The van der Waals surface area contributed by atoms with Gasteiger partial charge in [0.25, 0.3) is 10.0 Å². The summed E-state index contributed by atoms with van der Waals surface area (Å²) >= 11 is 1.09. The van der Waals surface area contributed by atoms with Crippen molar-refractivity contribution in [3.8, 4) is 17.1 Å². The number of para-hydroxylation sites is 2. The lowest BCUT2D eigenvalue weighted by molar-refractivity contribution is 0.383. The number of anilines is 1. The largest absolute Gasteiger partial charge is 0.495 e. The van der Waals surface area contributed by atoms with Crippen LogP contribution in [0.5, 0.6) is 5.75 Å². The van der Waals surface area contributed by atoms with E-state index in [2.05, 4.69) is 14.9 Å². The number of ether oxygens (including phenoxy) is 1. The number of hydrogen-bond acceptors (Lipinski definition) is 7. The van der Waals surface area contributed by atoms with Crippen molar-refractivity contribution in [2.45, 2.75) is 17.6 Å². The molecule has 0 fully saturated rings. The first-order valence-corrected chi connectivity index (χ1v) is 9.47. The van der Waals surface area contributed by atoms with Crippen LogP contribution in [0.3, 0.4) is 0 Å². The maximum atomic E-state index is 12.6. The van der Waals surface area contributed by atoms with Crippen LogP contribution < -0.4 is 9.46 Å². The van der Waals surface area contributed by atoms with Gasteiger partial charge < -0.3 is 9.26 Å². The summed E-state index contributed by atoms with van der Waals surface area (Å²) in [5.41, 5.74) is 0.978. The molecule has 7 nitrogen and oxygen atoms in total. The Kier molecular flexibility index (Phi) is 4.54. The molecule has 0 aliphatic carbocycles. The average molecular weight is 365 g/mol. The van der Waals surface area contributed by atoms with Crippen LogP contribution in [0.25, 0.3) is 11.4 Å². The number of nitrogens with one attached hydrogen (secondary N) is 1. The Morgan fingerprint density at radius 1 is 1.33 bits per heavy atom. The molecule has 0 bridgehead atoms. The molecule has 0 atom stereocenters. The molecule has 3 rings (SSSR count). The smallest absolute Gasteiger partial charge is 0.271 e. The number of benzene rings is 1. The first-order chi connectivity index (χ1) is 11.5. The fraction of sp³-hybridized carbons (Fsp3) is 0.200. The lowest BCUT2D eigenvalue weighted by Gasteiger charge is -2.10. The number of nitrogens with zero attached hydrogens (tertiary/aromatic N) is 2. The first kappa shape index (κ1) is 16.5. The number of aromatic nitrogens is 2. The predicted octanol–water partition coefficient (Wildman–Crippen LogP) is 3.17. The van der Waals surface area contributed by atoms with E-state index in [4.69, 9.17) is 9.26 Å². The normalized spacial score (nSPS) is 11.4. The Hall–Kier alpha value is -2.39. The molecule has 0 spiro atoms. The maximum absolute atomic E-state index is 12.6. The van der Waals surface area contributed by atoms with Gasteiger partial charge in [-0.3, -0.25) is 4.72 Å². The van der Waals surface area contributed by atoms with E-state index in [1.165, 1.54) is 13.2 Å². The van der Waals surface area contributed by atoms with Crippen molar-refractivity contribution in [3.05, 3.63) is 41.6 Å². The zero-order chi connectivity index (χ0) is 17.2. The molecular formula is C15H15N3O4S2. The van der Waals surface area contributed by atoms with Gasteiger partial charge in [0.05, 0.1) is 12.8 Å². The summed E-state index contributed by atoms with van der Waals surface area (Å²) in [6, 6.07) is 8.33. The molecule has 1 N–H and O–H groups in total. The first-order valence-electron chi connectivity index (χ1n) is 7.11. The van der Waals surface area contributed by atoms with Crippen LogP contribution in [0.15, 0.2) is 44.4 Å². The molecule has 0 amide bonds. The number of methoxy groups -OCH3 is 1. The highest BCUT2D eigenvalue weighted by atomic mass is 32.2. The fourth-order valence-corrected chi connectivity index (χ4v) is 4.24. The SMILES string of the molecule is CCc1nc(-c2csc(S(=O)(=O)Nc3ccccc3OC)c2)no1. The van der Waals surface area contributed by atoms with Crippen LogP contribution in [0.1, 0.15) is 12.8 Å². The number of thiophene rings is 1. The van der Waals surface area contributed by atoms with E-state index in [1.54, 1.807) is 29.6 Å². The quantitative estimate of drug-likeness (QED) is 0.721. The minimum absolute atomic E-state index is 0.159. The minimum atomic E-state index is -3.73. The van der Waals surface area contributed by atoms with E-state index in [9.17, 15) is 8.42 Å². The summed E-state index contributed by atoms with van der Waals surface area (Å²) in [5.74, 6) is 1.33. The molecule has 0 saturated carbocycles. The summed E-state index contributed by atoms with van der Waals surface area (Å²) in [4.78, 5) is 4.20. The van der Waals surface area contributed by atoms with Crippen molar-refractivity contribution in [1.29, 1.82) is 0 Å². The Morgan fingerprint density at radius 3 is 2.83 bits per heavy atom. The molecule has 2 heterocycles. The van der Waals surface area contributed by atoms with Crippen LogP contribution in [0.2, 0.25) is 0 Å². The monoisotopic (exact) mass is 365 g/mol. The third-order valence-corrected chi connectivity index (χ3v) is 6.03. The molecule has 0 radical (unpaired) electrons. The van der Waals surface area contributed by atoms with Crippen molar-refractivity contribution in [3.63, 3.8) is 0 Å². The highest BCUT2D eigenvalue weighted by molar-refractivity contribution is 7.94. The Bertz CT molecular complexity index is 947. The van der Waals surface area contributed by atoms with Crippen LogP contribution in [-0.2, 0) is 16.4 Å². The lowest BCUT2D eigenvalue weighted by Crippen LogP contribution is -2.12. The summed E-state index contributed by atoms with van der Waals surface area (Å²) in [6.07, 6.45) is 0.623. The topological polar surface area (TPSA) is 94.3 Å². The molecule has 0 aliphatic rings. The second-order valence-electron chi connectivity index (χ2n) is 4.83. The van der Waals surface area contributed by atoms with Crippen LogP contribution in [-0.4, -0.2) is 25.7 Å². The Balaban J connectivity index is 1.88. The molecular weight excluding hydrogens is 350 g/mol. The standard InChI is InChI=1S/C15H15N3O4S2/c1-3-13-16-15(17-22-13)10-8-14(23-9-10)24(19,20)18-11-6-4-5-7-12(11)21-2/h4-9,18H,3H2,1-2H3. The number of aryl methyl sites for hydroxylation is 1. The van der Waals surface area contributed by atoms with Gasteiger partial charge in [-0.2, -0.15) is 4.98 Å². The summed E-state index contributed by atoms with van der Waals surface area (Å²) in [6.45, 7) is 1.90. The maximum Gasteiger partial charge on any atom is 0.271 e. The number of rotatable bonds is 6. The van der Waals surface area contributed by atoms with E-state index >= 15 is 0 Å². The summed E-state index contributed by atoms with van der Waals surface area (Å²) in [7, 11) is -2.25. The van der Waals surface area contributed by atoms with Gasteiger partial charge in [-0.05, 0) is 18.2 Å². The second-order valence-corrected chi connectivity index (χ2v) is 7.65. The zero-order valence-corrected chi connectivity index (χ0v) is 14.6. The van der Waals surface area contributed by atoms with Crippen molar-refractivity contribution >= 4 is 27.0 Å². The highest BCUT2D eigenvalue weighted by Crippen LogP contribution is 2.30. The van der Waals surface area contributed by atoms with Crippen LogP contribution in [0, 0.1) is 0 Å². The van der Waals surface area contributed by atoms with Crippen molar-refractivity contribution < 1.29 is 17.7 Å². The molecule has 24 heavy (non-hydrogen) atoms. The molecule has 0 saturated heterocycles. The summed E-state index contributed by atoms with van der Waals surface area (Å²) in [5, 5.41) is 5.53. The van der Waals surface area contributed by atoms with E-state index in [-0.39, 0.29) is 4.21 Å². The highest BCUT2D eigenvalue weighted by Gasteiger charge is 2.20. The molecule has 2 aromatic heterocycles. The van der Waals surface area contributed by atoms with Gasteiger partial charge in [0.1, 0.15) is 9.96 Å². The van der Waals surface area contributed by atoms with Gasteiger partial charge >= 0.3 is 0 Å². The van der Waals surface area contributed by atoms with Gasteiger partial charge in [-0.25, -0.2) is 8.42 Å². The van der Waals surface area contributed by atoms with Crippen LogP contribution >= 0.6 is 11.3 Å². The van der Waals surface area contributed by atoms with E-state index in [1.807, 2.05) is 6.92 Å². The Morgan fingerprint density at radius 2 is 2.12 bits per heavy atom. The molecule has 0 aliphatic heterocycles. The minimum Gasteiger partial charge on any atom is -0.495 e. The van der Waals surface area contributed by atoms with Gasteiger partial charge in [-0.1, -0.05) is 24.2 Å². The van der Waals surface area contributed by atoms with E-state index in [0.29, 0.717) is 35.1 Å².